The topological polar surface area (TPSA) is 60.0 Å². The molecule has 0 aliphatic heterocycles. The third-order valence-corrected chi connectivity index (χ3v) is 4.34. The Morgan fingerprint density at radius 2 is 2.22 bits per heavy atom. The first-order valence-electron chi connectivity index (χ1n) is 6.99. The zero-order valence-corrected chi connectivity index (χ0v) is 13.1. The van der Waals surface area contributed by atoms with E-state index >= 15 is 0 Å². The number of hydrogen-bond acceptors (Lipinski definition) is 6. The lowest BCUT2D eigenvalue weighted by Gasteiger charge is -2.18. The fourth-order valence-electron chi connectivity index (χ4n) is 2.29. The van der Waals surface area contributed by atoms with Crippen molar-refractivity contribution < 1.29 is 4.42 Å². The molecule has 6 nitrogen and oxygen atoms in total. The van der Waals surface area contributed by atoms with Crippen molar-refractivity contribution in [2.45, 2.75) is 0 Å². The Morgan fingerprint density at radius 3 is 2.91 bits per heavy atom. The standard InChI is InChI=1S/C16H13N5OS/c1-20(14-5-2-8-22-14)15-12(13-4-3-9-23-13)10-18-16(19-15)21-7-6-17-11-21/h2-11H,1H3. The number of hydrogen-bond donors (Lipinski definition) is 0. The van der Waals surface area contributed by atoms with Gasteiger partial charge in [0.1, 0.15) is 12.1 Å². The number of nitrogens with zero attached hydrogens (tertiary/aromatic N) is 5. The fraction of sp³-hybridized carbons (Fsp3) is 0.0625. The average molecular weight is 323 g/mol. The molecule has 23 heavy (non-hydrogen) atoms. The number of anilines is 2. The molecule has 0 aliphatic rings. The molecule has 0 bridgehead atoms. The van der Waals surface area contributed by atoms with E-state index in [4.69, 9.17) is 9.40 Å². The molecule has 0 atom stereocenters. The van der Waals surface area contributed by atoms with Gasteiger partial charge in [-0.1, -0.05) is 6.07 Å². The van der Waals surface area contributed by atoms with Gasteiger partial charge in [0.25, 0.3) is 0 Å². The number of thiophene rings is 1. The minimum absolute atomic E-state index is 0.566. The first-order chi connectivity index (χ1) is 11.3. The lowest BCUT2D eigenvalue weighted by Crippen LogP contribution is -2.14. The van der Waals surface area contributed by atoms with Crippen LogP contribution in [0.5, 0.6) is 0 Å². The Hall–Kier alpha value is -2.93. The zero-order chi connectivity index (χ0) is 15.6. The highest BCUT2D eigenvalue weighted by atomic mass is 32.1. The van der Waals surface area contributed by atoms with E-state index in [2.05, 4.69) is 16.0 Å². The molecule has 4 aromatic rings. The minimum atomic E-state index is 0.566. The van der Waals surface area contributed by atoms with Gasteiger partial charge in [0.2, 0.25) is 11.8 Å². The van der Waals surface area contributed by atoms with Gasteiger partial charge in [-0.3, -0.25) is 9.47 Å². The predicted octanol–water partition coefficient (Wildman–Crippen LogP) is 3.75. The Bertz CT molecular complexity index is 885. The highest BCUT2D eigenvalue weighted by Crippen LogP contribution is 2.35. The molecule has 4 aromatic heterocycles. The van der Waals surface area contributed by atoms with Gasteiger partial charge < -0.3 is 4.42 Å². The van der Waals surface area contributed by atoms with E-state index in [1.807, 2.05) is 47.9 Å². The molecular formula is C16H13N5OS. The van der Waals surface area contributed by atoms with Crippen molar-refractivity contribution >= 4 is 23.0 Å². The van der Waals surface area contributed by atoms with Crippen molar-refractivity contribution in [3.63, 3.8) is 0 Å². The molecule has 0 N–H and O–H groups in total. The highest BCUT2D eigenvalue weighted by Gasteiger charge is 2.17. The Balaban J connectivity index is 1.87. The molecule has 0 saturated heterocycles. The lowest BCUT2D eigenvalue weighted by molar-refractivity contribution is 0.569. The highest BCUT2D eigenvalue weighted by molar-refractivity contribution is 7.13. The molecule has 0 aromatic carbocycles. The van der Waals surface area contributed by atoms with Gasteiger partial charge in [0.05, 0.1) is 11.8 Å². The molecular weight excluding hydrogens is 310 g/mol. The SMILES string of the molecule is CN(c1ccco1)c1nc(-n2ccnc2)ncc1-c1cccs1. The van der Waals surface area contributed by atoms with E-state index in [9.17, 15) is 0 Å². The van der Waals surface area contributed by atoms with Gasteiger partial charge in [0.15, 0.2) is 0 Å². The van der Waals surface area contributed by atoms with Crippen molar-refractivity contribution in [1.82, 2.24) is 19.5 Å². The van der Waals surface area contributed by atoms with Crippen molar-refractivity contribution in [1.29, 1.82) is 0 Å². The van der Waals surface area contributed by atoms with E-state index in [1.54, 1.807) is 34.7 Å². The summed E-state index contributed by atoms with van der Waals surface area (Å²) < 4.78 is 7.28. The van der Waals surface area contributed by atoms with Crippen LogP contribution in [-0.2, 0) is 0 Å². The molecule has 0 fully saturated rings. The summed E-state index contributed by atoms with van der Waals surface area (Å²) in [7, 11) is 1.93. The normalized spacial score (nSPS) is 10.8. The number of imidazole rings is 1. The maximum absolute atomic E-state index is 5.50. The van der Waals surface area contributed by atoms with Crippen molar-refractivity contribution in [3.8, 4) is 16.4 Å². The van der Waals surface area contributed by atoms with E-state index in [0.29, 0.717) is 5.95 Å². The van der Waals surface area contributed by atoms with Crippen LogP contribution >= 0.6 is 11.3 Å². The second-order valence-corrected chi connectivity index (χ2v) is 5.81. The monoisotopic (exact) mass is 323 g/mol. The second-order valence-electron chi connectivity index (χ2n) is 4.86. The summed E-state index contributed by atoms with van der Waals surface area (Å²) in [6.07, 6.45) is 8.68. The second kappa shape index (κ2) is 5.69. The van der Waals surface area contributed by atoms with Crippen LogP contribution in [0.3, 0.4) is 0 Å². The predicted molar refractivity (Wildman–Crippen MR) is 89.2 cm³/mol. The average Bonchev–Trinajstić information content (AvgIpc) is 3.37. The van der Waals surface area contributed by atoms with E-state index in [0.717, 1.165) is 22.1 Å². The molecule has 0 unspecified atom stereocenters. The van der Waals surface area contributed by atoms with Gasteiger partial charge in [0, 0.05) is 36.6 Å². The Labute approximate surface area is 136 Å². The fourth-order valence-corrected chi connectivity index (χ4v) is 3.02. The van der Waals surface area contributed by atoms with Gasteiger partial charge in [-0.15, -0.1) is 11.3 Å². The first-order valence-corrected chi connectivity index (χ1v) is 7.87. The van der Waals surface area contributed by atoms with Crippen LogP contribution in [0.25, 0.3) is 16.4 Å². The third-order valence-electron chi connectivity index (χ3n) is 3.43. The van der Waals surface area contributed by atoms with Crippen molar-refractivity contribution in [3.05, 3.63) is 60.8 Å². The largest absolute Gasteiger partial charge is 0.448 e. The maximum atomic E-state index is 5.50. The third kappa shape index (κ3) is 2.51. The number of furan rings is 1. The van der Waals surface area contributed by atoms with Crippen LogP contribution < -0.4 is 4.90 Å². The molecule has 0 spiro atoms. The van der Waals surface area contributed by atoms with Gasteiger partial charge in [-0.2, -0.15) is 4.98 Å². The molecule has 0 saturated carbocycles. The molecule has 4 rings (SSSR count). The van der Waals surface area contributed by atoms with Gasteiger partial charge in [-0.05, 0) is 17.5 Å². The quantitative estimate of drug-likeness (QED) is 0.572. The zero-order valence-electron chi connectivity index (χ0n) is 12.3. The summed E-state index contributed by atoms with van der Waals surface area (Å²) >= 11 is 1.65. The van der Waals surface area contributed by atoms with Crippen LogP contribution in [0.15, 0.2) is 65.2 Å². The summed E-state index contributed by atoms with van der Waals surface area (Å²) in [6.45, 7) is 0. The summed E-state index contributed by atoms with van der Waals surface area (Å²) in [6, 6.07) is 7.83. The Kier molecular flexibility index (Phi) is 3.39. The summed E-state index contributed by atoms with van der Waals surface area (Å²) in [5.41, 5.74) is 0.961. The van der Waals surface area contributed by atoms with Crippen LogP contribution in [0, 0.1) is 0 Å². The van der Waals surface area contributed by atoms with Crippen molar-refractivity contribution in [2.24, 2.45) is 0 Å². The smallest absolute Gasteiger partial charge is 0.236 e. The molecule has 7 heteroatoms. The van der Waals surface area contributed by atoms with Crippen molar-refractivity contribution in [2.75, 3.05) is 11.9 Å². The van der Waals surface area contributed by atoms with E-state index in [1.165, 1.54) is 0 Å². The van der Waals surface area contributed by atoms with E-state index < -0.39 is 0 Å². The maximum Gasteiger partial charge on any atom is 0.236 e. The summed E-state index contributed by atoms with van der Waals surface area (Å²) in [5, 5.41) is 2.04. The van der Waals surface area contributed by atoms with Crippen LogP contribution in [-0.4, -0.2) is 26.6 Å². The minimum Gasteiger partial charge on any atom is -0.448 e. The van der Waals surface area contributed by atoms with Gasteiger partial charge in [-0.25, -0.2) is 9.97 Å². The van der Waals surface area contributed by atoms with Crippen LogP contribution in [0.4, 0.5) is 11.7 Å². The molecule has 4 heterocycles. The summed E-state index contributed by atoms with van der Waals surface area (Å²) in [5.74, 6) is 2.07. The molecule has 0 amide bonds. The van der Waals surface area contributed by atoms with Crippen LogP contribution in [0.2, 0.25) is 0 Å². The Morgan fingerprint density at radius 1 is 1.26 bits per heavy atom. The van der Waals surface area contributed by atoms with Gasteiger partial charge >= 0.3 is 0 Å². The summed E-state index contributed by atoms with van der Waals surface area (Å²) in [4.78, 5) is 16.2. The lowest BCUT2D eigenvalue weighted by atomic mass is 10.2. The van der Waals surface area contributed by atoms with Crippen LogP contribution in [0.1, 0.15) is 0 Å². The molecule has 114 valence electrons. The number of aromatic nitrogens is 4. The van der Waals surface area contributed by atoms with E-state index in [-0.39, 0.29) is 0 Å². The first kappa shape index (κ1) is 13.7. The number of rotatable bonds is 4. The molecule has 0 aliphatic carbocycles. The molecule has 0 radical (unpaired) electrons.